The number of benzene rings is 1. The van der Waals surface area contributed by atoms with Gasteiger partial charge in [0.1, 0.15) is 5.76 Å². The van der Waals surface area contributed by atoms with Crippen molar-refractivity contribution in [3.63, 3.8) is 0 Å². The lowest BCUT2D eigenvalue weighted by molar-refractivity contribution is -0.140. The van der Waals surface area contributed by atoms with Crippen molar-refractivity contribution in [2.75, 3.05) is 0 Å². The molecular weight excluding hydrogens is 308 g/mol. The van der Waals surface area contributed by atoms with E-state index in [9.17, 15) is 14.4 Å². The van der Waals surface area contributed by atoms with Crippen molar-refractivity contribution in [1.29, 1.82) is 0 Å². The average molecular weight is 326 g/mol. The first-order chi connectivity index (χ1) is 11.6. The summed E-state index contributed by atoms with van der Waals surface area (Å²) in [6, 6.07) is 12.2. The van der Waals surface area contributed by atoms with Gasteiger partial charge in [-0.1, -0.05) is 30.3 Å². The van der Waals surface area contributed by atoms with Crippen molar-refractivity contribution in [3.8, 4) is 0 Å². The monoisotopic (exact) mass is 326 g/mol. The third-order valence-corrected chi connectivity index (χ3v) is 4.17. The molecule has 1 aromatic carbocycles. The summed E-state index contributed by atoms with van der Waals surface area (Å²) in [4.78, 5) is 38.7. The number of nitrogens with one attached hydrogen (secondary N) is 1. The normalized spacial score (nSPS) is 20.5. The molecule has 2 atom stereocenters. The van der Waals surface area contributed by atoms with Gasteiger partial charge < -0.3 is 14.6 Å². The maximum Gasteiger partial charge on any atom is 0.243 e. The van der Waals surface area contributed by atoms with Crippen LogP contribution in [0.25, 0.3) is 0 Å². The first kappa shape index (κ1) is 16.0. The maximum atomic E-state index is 12.6. The zero-order valence-corrected chi connectivity index (χ0v) is 13.3. The minimum absolute atomic E-state index is 0.149. The van der Waals surface area contributed by atoms with E-state index in [2.05, 4.69) is 5.32 Å². The number of amides is 2. The second kappa shape index (κ2) is 6.70. The Bertz CT molecular complexity index is 740. The Hall–Kier alpha value is -2.89. The standard InChI is InChI=1S/C18H18N2O4/c1-12-16(21)15(17(22)19-10-14-8-5-9-24-14)18(23)20(12)11-13-6-3-2-4-7-13/h2-9,12,15H,10-11H2,1H3,(H,19,22)/t12-,15+/m0/s1. The van der Waals surface area contributed by atoms with Crippen LogP contribution in [0.1, 0.15) is 18.2 Å². The van der Waals surface area contributed by atoms with Gasteiger partial charge in [-0.25, -0.2) is 0 Å². The van der Waals surface area contributed by atoms with Gasteiger partial charge in [-0.3, -0.25) is 14.4 Å². The Labute approximate surface area is 139 Å². The van der Waals surface area contributed by atoms with Crippen LogP contribution >= 0.6 is 0 Å². The SMILES string of the molecule is C[C@H]1C(=O)[C@H](C(=O)NCc2ccco2)C(=O)N1Cc1ccccc1. The van der Waals surface area contributed by atoms with E-state index < -0.39 is 23.8 Å². The highest BCUT2D eigenvalue weighted by molar-refractivity contribution is 6.23. The molecule has 6 nitrogen and oxygen atoms in total. The summed E-state index contributed by atoms with van der Waals surface area (Å²) in [5.74, 6) is -2.11. The molecule has 0 radical (unpaired) electrons. The lowest BCUT2D eigenvalue weighted by Gasteiger charge is -2.20. The van der Waals surface area contributed by atoms with Crippen LogP contribution in [0, 0.1) is 5.92 Å². The molecule has 1 aromatic heterocycles. The van der Waals surface area contributed by atoms with Crippen LogP contribution in [-0.2, 0) is 27.5 Å². The van der Waals surface area contributed by atoms with Crippen LogP contribution in [0.2, 0.25) is 0 Å². The van der Waals surface area contributed by atoms with Crippen LogP contribution in [0.4, 0.5) is 0 Å². The van der Waals surface area contributed by atoms with E-state index in [1.54, 1.807) is 19.1 Å². The first-order valence-electron chi connectivity index (χ1n) is 7.76. The number of ketones is 1. The number of rotatable bonds is 5. The Kier molecular flexibility index (Phi) is 4.46. The molecule has 3 rings (SSSR count). The van der Waals surface area contributed by atoms with Gasteiger partial charge in [-0.15, -0.1) is 0 Å². The van der Waals surface area contributed by atoms with Crippen LogP contribution in [-0.4, -0.2) is 28.5 Å². The van der Waals surface area contributed by atoms with Gasteiger partial charge in [0.2, 0.25) is 11.8 Å². The summed E-state index contributed by atoms with van der Waals surface area (Å²) in [7, 11) is 0. The molecule has 0 spiro atoms. The lowest BCUT2D eigenvalue weighted by atomic mass is 10.0. The molecule has 2 aromatic rings. The van der Waals surface area contributed by atoms with Gasteiger partial charge in [0.15, 0.2) is 11.7 Å². The molecule has 124 valence electrons. The van der Waals surface area contributed by atoms with E-state index in [0.717, 1.165) is 5.56 Å². The van der Waals surface area contributed by atoms with Crippen molar-refractivity contribution in [2.24, 2.45) is 5.92 Å². The molecule has 0 saturated carbocycles. The van der Waals surface area contributed by atoms with E-state index in [-0.39, 0.29) is 12.3 Å². The predicted octanol–water partition coefficient (Wildman–Crippen LogP) is 1.51. The molecule has 24 heavy (non-hydrogen) atoms. The highest BCUT2D eigenvalue weighted by Crippen LogP contribution is 2.24. The molecule has 1 aliphatic rings. The minimum atomic E-state index is -1.28. The largest absolute Gasteiger partial charge is 0.467 e. The summed E-state index contributed by atoms with van der Waals surface area (Å²) in [5, 5.41) is 2.59. The zero-order chi connectivity index (χ0) is 17.1. The average Bonchev–Trinajstić information content (AvgIpc) is 3.17. The Balaban J connectivity index is 1.69. The molecule has 6 heteroatoms. The molecule has 2 amide bonds. The smallest absolute Gasteiger partial charge is 0.243 e. The van der Waals surface area contributed by atoms with E-state index >= 15 is 0 Å². The fraction of sp³-hybridized carbons (Fsp3) is 0.278. The number of likely N-dealkylation sites (tertiary alicyclic amines) is 1. The second-order valence-electron chi connectivity index (χ2n) is 5.76. The Morgan fingerprint density at radius 3 is 2.58 bits per heavy atom. The molecule has 0 unspecified atom stereocenters. The maximum absolute atomic E-state index is 12.6. The summed E-state index contributed by atoms with van der Waals surface area (Å²) in [5.41, 5.74) is 0.919. The third-order valence-electron chi connectivity index (χ3n) is 4.17. The van der Waals surface area contributed by atoms with Crippen LogP contribution in [0.5, 0.6) is 0 Å². The van der Waals surface area contributed by atoms with Crippen molar-refractivity contribution in [2.45, 2.75) is 26.1 Å². The summed E-state index contributed by atoms with van der Waals surface area (Å²) in [6.07, 6.45) is 1.50. The minimum Gasteiger partial charge on any atom is -0.467 e. The third kappa shape index (κ3) is 3.08. The zero-order valence-electron chi connectivity index (χ0n) is 13.3. The van der Waals surface area contributed by atoms with Gasteiger partial charge >= 0.3 is 0 Å². The number of furan rings is 1. The molecule has 1 N–H and O–H groups in total. The van der Waals surface area contributed by atoms with Crippen LogP contribution < -0.4 is 5.32 Å². The predicted molar refractivity (Wildman–Crippen MR) is 85.5 cm³/mol. The fourth-order valence-electron chi connectivity index (χ4n) is 2.80. The molecule has 0 bridgehead atoms. The van der Waals surface area contributed by atoms with Gasteiger partial charge in [0.25, 0.3) is 0 Å². The number of hydrogen-bond acceptors (Lipinski definition) is 4. The Morgan fingerprint density at radius 2 is 1.92 bits per heavy atom. The van der Waals surface area contributed by atoms with E-state index in [4.69, 9.17) is 4.42 Å². The van der Waals surface area contributed by atoms with Crippen LogP contribution in [0.3, 0.4) is 0 Å². The number of carbonyl (C=O) groups is 3. The van der Waals surface area contributed by atoms with Crippen molar-refractivity contribution < 1.29 is 18.8 Å². The lowest BCUT2D eigenvalue weighted by Crippen LogP contribution is -2.38. The fourth-order valence-corrected chi connectivity index (χ4v) is 2.80. The van der Waals surface area contributed by atoms with E-state index in [1.807, 2.05) is 30.3 Å². The van der Waals surface area contributed by atoms with Crippen molar-refractivity contribution >= 4 is 17.6 Å². The van der Waals surface area contributed by atoms with Gasteiger partial charge in [-0.2, -0.15) is 0 Å². The van der Waals surface area contributed by atoms with Gasteiger partial charge in [0.05, 0.1) is 18.8 Å². The number of Topliss-reactive ketones (excluding diaryl/α,β-unsaturated/α-hetero) is 1. The number of hydrogen-bond donors (Lipinski definition) is 1. The molecule has 0 aliphatic carbocycles. The summed E-state index contributed by atoms with van der Waals surface area (Å²) >= 11 is 0. The molecule has 1 saturated heterocycles. The molecule has 1 fully saturated rings. The summed E-state index contributed by atoms with van der Waals surface area (Å²) < 4.78 is 5.13. The topological polar surface area (TPSA) is 79.6 Å². The van der Waals surface area contributed by atoms with Crippen LogP contribution in [0.15, 0.2) is 53.1 Å². The van der Waals surface area contributed by atoms with Gasteiger partial charge in [0, 0.05) is 6.54 Å². The molecule has 2 heterocycles. The van der Waals surface area contributed by atoms with Gasteiger partial charge in [-0.05, 0) is 24.6 Å². The number of nitrogens with zero attached hydrogens (tertiary/aromatic N) is 1. The quantitative estimate of drug-likeness (QED) is 0.845. The first-order valence-corrected chi connectivity index (χ1v) is 7.76. The van der Waals surface area contributed by atoms with E-state index in [1.165, 1.54) is 11.2 Å². The van der Waals surface area contributed by atoms with E-state index in [0.29, 0.717) is 12.3 Å². The number of carbonyl (C=O) groups excluding carboxylic acids is 3. The van der Waals surface area contributed by atoms with Crippen molar-refractivity contribution in [3.05, 3.63) is 60.1 Å². The van der Waals surface area contributed by atoms with Crippen molar-refractivity contribution in [1.82, 2.24) is 10.2 Å². The highest BCUT2D eigenvalue weighted by atomic mass is 16.3. The Morgan fingerprint density at radius 1 is 1.17 bits per heavy atom. The molecular formula is C18H18N2O4. The second-order valence-corrected chi connectivity index (χ2v) is 5.76. The summed E-state index contributed by atoms with van der Waals surface area (Å²) in [6.45, 7) is 2.12. The molecule has 1 aliphatic heterocycles. The highest BCUT2D eigenvalue weighted by Gasteiger charge is 2.48.